The van der Waals surface area contributed by atoms with Crippen molar-refractivity contribution in [1.29, 1.82) is 0 Å². The summed E-state index contributed by atoms with van der Waals surface area (Å²) in [5.41, 5.74) is 0. The van der Waals surface area contributed by atoms with Gasteiger partial charge in [0.05, 0.1) is 0 Å². The fourth-order valence-electron chi connectivity index (χ4n) is 1.95. The molecule has 0 fully saturated rings. The van der Waals surface area contributed by atoms with Crippen LogP contribution in [-0.4, -0.2) is 37.3 Å². The van der Waals surface area contributed by atoms with Crippen LogP contribution in [0.25, 0.3) is 0 Å². The normalized spacial score (nSPS) is 10.4. The van der Waals surface area contributed by atoms with Gasteiger partial charge in [0.25, 0.3) is 0 Å². The molecule has 0 aliphatic heterocycles. The molecule has 118 valence electrons. The maximum atomic E-state index is 8.29. The van der Waals surface area contributed by atoms with Crippen LogP contribution in [0, 0.1) is 0 Å². The van der Waals surface area contributed by atoms with Gasteiger partial charge in [-0.2, -0.15) is 0 Å². The van der Waals surface area contributed by atoms with Gasteiger partial charge in [-0.3, -0.25) is 0 Å². The topological polar surface area (TPSA) is 23.5 Å². The Morgan fingerprint density at radius 1 is 0.632 bits per heavy atom. The van der Waals surface area contributed by atoms with Crippen molar-refractivity contribution < 1.29 is 5.11 Å². The molecule has 0 bridgehead atoms. The van der Waals surface area contributed by atoms with E-state index in [1.54, 1.807) is 0 Å². The fourth-order valence-corrected chi connectivity index (χ4v) is 1.95. The second-order valence-corrected chi connectivity index (χ2v) is 5.71. The molecule has 0 atom stereocenters. The molecule has 0 unspecified atom stereocenters. The largest absolute Gasteiger partial charge is 0.396 e. The summed E-state index contributed by atoms with van der Waals surface area (Å²) >= 11 is 0. The fraction of sp³-hybridized carbons (Fsp3) is 1.00. The summed E-state index contributed by atoms with van der Waals surface area (Å²) in [6, 6.07) is 0. The zero-order valence-corrected chi connectivity index (χ0v) is 14.1. The van der Waals surface area contributed by atoms with Crippen molar-refractivity contribution in [2.45, 2.75) is 84.5 Å². The Kier molecular flexibility index (Phi) is 22.6. The minimum atomic E-state index is 0.304. The van der Waals surface area contributed by atoms with Crippen molar-refractivity contribution >= 4 is 0 Å². The van der Waals surface area contributed by atoms with E-state index >= 15 is 0 Å². The highest BCUT2D eigenvalue weighted by atomic mass is 16.3. The Hall–Kier alpha value is -0.0800. The molecule has 19 heavy (non-hydrogen) atoms. The molecule has 0 radical (unpaired) electrons. The summed E-state index contributed by atoms with van der Waals surface area (Å²) in [5.74, 6) is 0. The number of rotatable bonds is 12. The molecule has 0 rings (SSSR count). The highest BCUT2D eigenvalue weighted by Crippen LogP contribution is 2.09. The SMILES string of the molecule is CCCCCCCCCCCC.CN(C)CCCO. The summed E-state index contributed by atoms with van der Waals surface area (Å²) in [4.78, 5) is 2.05. The molecule has 2 heteroatoms. The van der Waals surface area contributed by atoms with Crippen molar-refractivity contribution in [3.8, 4) is 0 Å². The lowest BCUT2D eigenvalue weighted by atomic mass is 10.1. The zero-order chi connectivity index (χ0) is 14.8. The lowest BCUT2D eigenvalue weighted by Gasteiger charge is -2.05. The van der Waals surface area contributed by atoms with E-state index in [9.17, 15) is 0 Å². The van der Waals surface area contributed by atoms with Gasteiger partial charge in [0, 0.05) is 6.61 Å². The Balaban J connectivity index is 0. The minimum Gasteiger partial charge on any atom is -0.396 e. The van der Waals surface area contributed by atoms with E-state index in [4.69, 9.17) is 5.11 Å². The summed E-state index contributed by atoms with van der Waals surface area (Å²) in [5, 5.41) is 8.29. The van der Waals surface area contributed by atoms with Crippen molar-refractivity contribution in [1.82, 2.24) is 4.90 Å². The third-order valence-corrected chi connectivity index (χ3v) is 3.22. The van der Waals surface area contributed by atoms with Crippen LogP contribution in [0.3, 0.4) is 0 Å². The van der Waals surface area contributed by atoms with Gasteiger partial charge in [-0.25, -0.2) is 0 Å². The molecule has 0 aliphatic rings. The number of unbranched alkanes of at least 4 members (excludes halogenated alkanes) is 9. The van der Waals surface area contributed by atoms with E-state index < -0.39 is 0 Å². The number of nitrogens with zero attached hydrogens (tertiary/aromatic N) is 1. The van der Waals surface area contributed by atoms with E-state index in [-0.39, 0.29) is 0 Å². The van der Waals surface area contributed by atoms with Crippen LogP contribution in [-0.2, 0) is 0 Å². The van der Waals surface area contributed by atoms with Crippen molar-refractivity contribution in [3.63, 3.8) is 0 Å². The summed E-state index contributed by atoms with van der Waals surface area (Å²) in [7, 11) is 3.99. The number of hydrogen-bond donors (Lipinski definition) is 1. The monoisotopic (exact) mass is 273 g/mol. The third kappa shape index (κ3) is 27.2. The molecule has 1 N–H and O–H groups in total. The van der Waals surface area contributed by atoms with Crippen LogP contribution in [0.5, 0.6) is 0 Å². The lowest BCUT2D eigenvalue weighted by Crippen LogP contribution is -2.13. The Labute approximate surface area is 122 Å². The average molecular weight is 274 g/mol. The Morgan fingerprint density at radius 3 is 1.21 bits per heavy atom. The molecule has 0 amide bonds. The van der Waals surface area contributed by atoms with Gasteiger partial charge < -0.3 is 10.0 Å². The Bertz CT molecular complexity index is 127. The van der Waals surface area contributed by atoms with E-state index in [0.29, 0.717) is 6.61 Å². The first-order valence-electron chi connectivity index (χ1n) is 8.44. The van der Waals surface area contributed by atoms with Crippen molar-refractivity contribution in [2.75, 3.05) is 27.2 Å². The maximum absolute atomic E-state index is 8.29. The van der Waals surface area contributed by atoms with Gasteiger partial charge in [0.2, 0.25) is 0 Å². The molecule has 0 spiro atoms. The van der Waals surface area contributed by atoms with E-state index in [2.05, 4.69) is 18.7 Å². The molecule has 0 aromatic carbocycles. The van der Waals surface area contributed by atoms with Crippen LogP contribution in [0.1, 0.15) is 84.5 Å². The Morgan fingerprint density at radius 2 is 1.00 bits per heavy atom. The first-order valence-corrected chi connectivity index (χ1v) is 8.44. The van der Waals surface area contributed by atoms with Gasteiger partial charge in [-0.15, -0.1) is 0 Å². The van der Waals surface area contributed by atoms with E-state index in [0.717, 1.165) is 13.0 Å². The molecule has 0 aromatic rings. The number of aliphatic hydroxyl groups excluding tert-OH is 1. The molecular formula is C17H39NO. The van der Waals surface area contributed by atoms with Gasteiger partial charge in [-0.1, -0.05) is 78.1 Å². The molecule has 0 aliphatic carbocycles. The standard InChI is InChI=1S/C12H26.C5H13NO/c1-3-5-7-9-11-12-10-8-6-4-2;1-6(2)4-3-5-7/h3-12H2,1-2H3;7H,3-5H2,1-2H3. The van der Waals surface area contributed by atoms with Gasteiger partial charge in [-0.05, 0) is 27.1 Å². The summed E-state index contributed by atoms with van der Waals surface area (Å²) in [6.07, 6.45) is 15.3. The van der Waals surface area contributed by atoms with Crippen LogP contribution >= 0.6 is 0 Å². The first-order chi connectivity index (χ1) is 9.18. The quantitative estimate of drug-likeness (QED) is 0.513. The smallest absolute Gasteiger partial charge is 0.0443 e. The lowest BCUT2D eigenvalue weighted by molar-refractivity contribution is 0.263. The zero-order valence-electron chi connectivity index (χ0n) is 14.1. The molecule has 2 nitrogen and oxygen atoms in total. The van der Waals surface area contributed by atoms with Crippen LogP contribution in [0.4, 0.5) is 0 Å². The summed E-state index contributed by atoms with van der Waals surface area (Å²) in [6.45, 7) is 5.84. The maximum Gasteiger partial charge on any atom is 0.0443 e. The van der Waals surface area contributed by atoms with Crippen molar-refractivity contribution in [3.05, 3.63) is 0 Å². The molecule has 0 heterocycles. The van der Waals surface area contributed by atoms with Crippen molar-refractivity contribution in [2.24, 2.45) is 0 Å². The molecular weight excluding hydrogens is 234 g/mol. The van der Waals surface area contributed by atoms with Crippen LogP contribution in [0.15, 0.2) is 0 Å². The third-order valence-electron chi connectivity index (χ3n) is 3.22. The van der Waals surface area contributed by atoms with Crippen LogP contribution in [0.2, 0.25) is 0 Å². The molecule has 0 saturated carbocycles. The van der Waals surface area contributed by atoms with Gasteiger partial charge in [0.1, 0.15) is 0 Å². The second kappa shape index (κ2) is 20.2. The number of hydrogen-bond acceptors (Lipinski definition) is 2. The highest BCUT2D eigenvalue weighted by molar-refractivity contribution is 4.45. The first kappa shape index (κ1) is 21.2. The van der Waals surface area contributed by atoms with E-state index in [1.807, 2.05) is 14.1 Å². The average Bonchev–Trinajstić information content (AvgIpc) is 2.40. The van der Waals surface area contributed by atoms with Gasteiger partial charge in [0.15, 0.2) is 0 Å². The van der Waals surface area contributed by atoms with Gasteiger partial charge >= 0.3 is 0 Å². The summed E-state index contributed by atoms with van der Waals surface area (Å²) < 4.78 is 0. The molecule has 0 saturated heterocycles. The highest BCUT2D eigenvalue weighted by Gasteiger charge is 1.90. The second-order valence-electron chi connectivity index (χ2n) is 5.71. The van der Waals surface area contributed by atoms with E-state index in [1.165, 1.54) is 64.2 Å². The molecule has 0 aromatic heterocycles. The minimum absolute atomic E-state index is 0.304. The predicted octanol–water partition coefficient (Wildman–Crippen LogP) is 4.86. The van der Waals surface area contributed by atoms with Crippen LogP contribution < -0.4 is 0 Å². The predicted molar refractivity (Wildman–Crippen MR) is 87.8 cm³/mol. The number of aliphatic hydroxyl groups is 1.